The van der Waals surface area contributed by atoms with Crippen LogP contribution in [0, 0.1) is 30.6 Å². The lowest BCUT2D eigenvalue weighted by molar-refractivity contribution is 0.354. The average molecular weight is 392 g/mol. The Bertz CT molecular complexity index is 1110. The number of benzene rings is 1. The highest BCUT2D eigenvalue weighted by Crippen LogP contribution is 2.35. The van der Waals surface area contributed by atoms with Crippen molar-refractivity contribution in [3.05, 3.63) is 40.0 Å². The third-order valence-corrected chi connectivity index (χ3v) is 5.51. The summed E-state index contributed by atoms with van der Waals surface area (Å²) < 4.78 is 10.7. The number of aryl methyl sites for hydroxylation is 1. The van der Waals surface area contributed by atoms with E-state index in [4.69, 9.17) is 25.9 Å². The summed E-state index contributed by atoms with van der Waals surface area (Å²) in [4.78, 5) is 12.8. The van der Waals surface area contributed by atoms with Gasteiger partial charge in [0.05, 0.1) is 26.2 Å². The van der Waals surface area contributed by atoms with Gasteiger partial charge in [0.25, 0.3) is 0 Å². The van der Waals surface area contributed by atoms with Gasteiger partial charge in [0.1, 0.15) is 27.4 Å². The van der Waals surface area contributed by atoms with Crippen molar-refractivity contribution < 1.29 is 9.47 Å². The Morgan fingerprint density at radius 2 is 1.96 bits per heavy atom. The van der Waals surface area contributed by atoms with Crippen molar-refractivity contribution in [3.8, 4) is 29.9 Å². The van der Waals surface area contributed by atoms with E-state index >= 15 is 0 Å². The van der Waals surface area contributed by atoms with Crippen LogP contribution in [0.3, 0.4) is 0 Å². The number of aromatic nitrogens is 2. The molecule has 0 spiro atoms. The second kappa shape index (κ2) is 8.16. The molecule has 0 N–H and O–H groups in total. The van der Waals surface area contributed by atoms with E-state index in [-0.39, 0.29) is 0 Å². The maximum atomic E-state index is 9.40. The molecule has 28 heavy (non-hydrogen) atoms. The fourth-order valence-electron chi connectivity index (χ4n) is 3.01. The molecule has 7 heteroatoms. The SMILES string of the molecule is C#CCN(C)c1nc(Cc2ccc(OC)c(OC)c2)nc2sc(C#N)c(C)c12. The van der Waals surface area contributed by atoms with E-state index in [1.165, 1.54) is 11.3 Å². The quantitative estimate of drug-likeness (QED) is 0.598. The van der Waals surface area contributed by atoms with E-state index in [1.54, 1.807) is 14.2 Å². The molecule has 3 aromatic rings. The molecule has 0 atom stereocenters. The van der Waals surface area contributed by atoms with Gasteiger partial charge in [-0.3, -0.25) is 0 Å². The van der Waals surface area contributed by atoms with Crippen LogP contribution in [0.1, 0.15) is 21.8 Å². The molecule has 0 saturated heterocycles. The second-order valence-electron chi connectivity index (χ2n) is 6.24. The molecule has 0 radical (unpaired) electrons. The summed E-state index contributed by atoms with van der Waals surface area (Å²) in [5.41, 5.74) is 1.88. The predicted octanol–water partition coefficient (Wildman–Crippen LogP) is 3.55. The van der Waals surface area contributed by atoms with E-state index < -0.39 is 0 Å². The Labute approximate surface area is 168 Å². The van der Waals surface area contributed by atoms with Crippen LogP contribution in [0.2, 0.25) is 0 Å². The predicted molar refractivity (Wildman–Crippen MR) is 111 cm³/mol. The van der Waals surface area contributed by atoms with Crippen LogP contribution in [0.25, 0.3) is 10.2 Å². The first-order valence-electron chi connectivity index (χ1n) is 8.58. The molecule has 2 heterocycles. The van der Waals surface area contributed by atoms with Crippen LogP contribution in [-0.2, 0) is 6.42 Å². The molecule has 0 saturated carbocycles. The van der Waals surface area contributed by atoms with Crippen LogP contribution >= 0.6 is 11.3 Å². The van der Waals surface area contributed by atoms with Crippen molar-refractivity contribution in [2.24, 2.45) is 0 Å². The van der Waals surface area contributed by atoms with Crippen molar-refractivity contribution in [1.29, 1.82) is 5.26 Å². The molecule has 0 aliphatic rings. The highest BCUT2D eigenvalue weighted by molar-refractivity contribution is 7.19. The lowest BCUT2D eigenvalue weighted by Crippen LogP contribution is -2.19. The van der Waals surface area contributed by atoms with E-state index in [9.17, 15) is 5.26 Å². The molecule has 2 aromatic heterocycles. The lowest BCUT2D eigenvalue weighted by Gasteiger charge is -2.17. The molecule has 0 bridgehead atoms. The summed E-state index contributed by atoms with van der Waals surface area (Å²) in [7, 11) is 5.11. The molecule has 0 unspecified atom stereocenters. The van der Waals surface area contributed by atoms with Crippen LogP contribution in [0.5, 0.6) is 11.5 Å². The summed E-state index contributed by atoms with van der Waals surface area (Å²) in [6.45, 7) is 2.33. The van der Waals surface area contributed by atoms with Crippen LogP contribution in [0.15, 0.2) is 18.2 Å². The largest absolute Gasteiger partial charge is 0.493 e. The topological polar surface area (TPSA) is 71.3 Å². The summed E-state index contributed by atoms with van der Waals surface area (Å²) in [6.07, 6.45) is 6.01. The third-order valence-electron chi connectivity index (χ3n) is 4.42. The fourth-order valence-corrected chi connectivity index (χ4v) is 4.00. The second-order valence-corrected chi connectivity index (χ2v) is 7.24. The lowest BCUT2D eigenvalue weighted by atomic mass is 10.1. The number of anilines is 1. The molecule has 3 rings (SSSR count). The summed E-state index contributed by atoms with van der Waals surface area (Å²) in [5, 5.41) is 10.3. The van der Waals surface area contributed by atoms with Gasteiger partial charge < -0.3 is 14.4 Å². The number of fused-ring (bicyclic) bond motifs is 1. The monoisotopic (exact) mass is 392 g/mol. The number of nitriles is 1. The minimum atomic E-state index is 0.416. The Morgan fingerprint density at radius 3 is 2.61 bits per heavy atom. The Balaban J connectivity index is 2.09. The van der Waals surface area contributed by atoms with Gasteiger partial charge in [0, 0.05) is 13.5 Å². The van der Waals surface area contributed by atoms with Gasteiger partial charge in [-0.1, -0.05) is 12.0 Å². The summed E-state index contributed by atoms with van der Waals surface area (Å²) in [6, 6.07) is 7.98. The van der Waals surface area contributed by atoms with E-state index in [1.807, 2.05) is 37.1 Å². The van der Waals surface area contributed by atoms with Crippen LogP contribution in [0.4, 0.5) is 5.82 Å². The number of rotatable bonds is 6. The highest BCUT2D eigenvalue weighted by Gasteiger charge is 2.19. The van der Waals surface area contributed by atoms with Crippen molar-refractivity contribution in [2.45, 2.75) is 13.3 Å². The van der Waals surface area contributed by atoms with Gasteiger partial charge in [-0.2, -0.15) is 5.26 Å². The Hall–Kier alpha value is -3.29. The standard InChI is InChI=1S/C21H20N4O2S/c1-6-9-25(3)20-19-13(2)17(12-22)28-21(19)24-18(23-20)11-14-7-8-15(26-4)16(10-14)27-5/h1,7-8,10H,9,11H2,2-5H3. The number of methoxy groups -OCH3 is 2. The molecular formula is C21H20N4O2S. The molecule has 0 fully saturated rings. The van der Waals surface area contributed by atoms with Crippen molar-refractivity contribution >= 4 is 27.4 Å². The van der Waals surface area contributed by atoms with Gasteiger partial charge in [0.2, 0.25) is 0 Å². The number of terminal acetylenes is 1. The first kappa shape index (κ1) is 19.5. The average Bonchev–Trinajstić information content (AvgIpc) is 3.03. The molecule has 0 aliphatic heterocycles. The van der Waals surface area contributed by atoms with Gasteiger partial charge in [-0.15, -0.1) is 17.8 Å². The fraction of sp³-hybridized carbons (Fsp3) is 0.286. The maximum absolute atomic E-state index is 9.40. The maximum Gasteiger partial charge on any atom is 0.161 e. The molecule has 0 aliphatic carbocycles. The smallest absolute Gasteiger partial charge is 0.161 e. The molecule has 6 nitrogen and oxygen atoms in total. The summed E-state index contributed by atoms with van der Waals surface area (Å²) >= 11 is 1.38. The van der Waals surface area contributed by atoms with Gasteiger partial charge in [-0.25, -0.2) is 9.97 Å². The third kappa shape index (κ3) is 3.58. The number of hydrogen-bond donors (Lipinski definition) is 0. The van der Waals surface area contributed by atoms with Crippen molar-refractivity contribution in [2.75, 3.05) is 32.7 Å². The molecule has 1 aromatic carbocycles. The molecular weight excluding hydrogens is 372 g/mol. The first-order chi connectivity index (χ1) is 13.5. The Morgan fingerprint density at radius 1 is 1.21 bits per heavy atom. The summed E-state index contributed by atoms with van der Waals surface area (Å²) in [5.74, 6) is 5.37. The first-order valence-corrected chi connectivity index (χ1v) is 9.39. The number of thiophene rings is 1. The van der Waals surface area contributed by atoms with Gasteiger partial charge in [-0.05, 0) is 30.2 Å². The van der Waals surface area contributed by atoms with E-state index in [0.29, 0.717) is 35.2 Å². The zero-order valence-electron chi connectivity index (χ0n) is 16.2. The molecule has 0 amide bonds. The van der Waals surface area contributed by atoms with Crippen molar-refractivity contribution in [3.63, 3.8) is 0 Å². The highest BCUT2D eigenvalue weighted by atomic mass is 32.1. The number of ether oxygens (including phenoxy) is 2. The van der Waals surface area contributed by atoms with Crippen molar-refractivity contribution in [1.82, 2.24) is 9.97 Å². The minimum Gasteiger partial charge on any atom is -0.493 e. The zero-order valence-corrected chi connectivity index (χ0v) is 17.1. The van der Waals surface area contributed by atoms with Gasteiger partial charge in [0.15, 0.2) is 11.5 Å². The normalized spacial score (nSPS) is 10.4. The van der Waals surface area contributed by atoms with Crippen LogP contribution in [-0.4, -0.2) is 37.8 Å². The minimum absolute atomic E-state index is 0.416. The van der Waals surface area contributed by atoms with Gasteiger partial charge >= 0.3 is 0 Å². The molecule has 142 valence electrons. The Kier molecular flexibility index (Phi) is 5.67. The number of hydrogen-bond acceptors (Lipinski definition) is 7. The van der Waals surface area contributed by atoms with E-state index in [0.717, 1.165) is 27.2 Å². The van der Waals surface area contributed by atoms with Crippen LogP contribution < -0.4 is 14.4 Å². The zero-order chi connectivity index (χ0) is 20.3. The number of nitrogens with zero attached hydrogens (tertiary/aromatic N) is 4. The van der Waals surface area contributed by atoms with E-state index in [2.05, 4.69) is 12.0 Å².